The largest absolute Gasteiger partial charge is 0.396 e. The maximum absolute atomic E-state index is 10.9. The highest BCUT2D eigenvalue weighted by Gasteiger charge is 2.27. The number of nitrogen functional groups attached to an aromatic ring is 1. The van der Waals surface area contributed by atoms with E-state index >= 15 is 0 Å². The van der Waals surface area contributed by atoms with Crippen LogP contribution in [-0.2, 0) is 0 Å². The Morgan fingerprint density at radius 3 is 2.90 bits per heavy atom. The molecule has 0 aliphatic heterocycles. The Morgan fingerprint density at radius 1 is 1.50 bits per heavy atom. The van der Waals surface area contributed by atoms with Crippen molar-refractivity contribution in [3.63, 3.8) is 0 Å². The lowest BCUT2D eigenvalue weighted by Crippen LogP contribution is -2.22. The molecular weight excluding hydrogens is 264 g/mol. The summed E-state index contributed by atoms with van der Waals surface area (Å²) in [5.74, 6) is 6.00. The summed E-state index contributed by atoms with van der Waals surface area (Å²) in [5.41, 5.74) is 2.06. The molecule has 0 aromatic carbocycles. The number of anilines is 2. The van der Waals surface area contributed by atoms with E-state index in [0.717, 1.165) is 25.5 Å². The molecule has 1 aliphatic rings. The molecule has 2 unspecified atom stereocenters. The Balaban J connectivity index is 2.09. The molecule has 9 nitrogen and oxygen atoms in total. The van der Waals surface area contributed by atoms with E-state index in [0.29, 0.717) is 12.5 Å². The molecule has 0 amide bonds. The fraction of sp³-hybridized carbons (Fsp3) is 0.636. The lowest BCUT2D eigenvalue weighted by molar-refractivity contribution is -0.384. The van der Waals surface area contributed by atoms with Crippen molar-refractivity contribution in [2.75, 3.05) is 23.9 Å². The second-order valence-electron chi connectivity index (χ2n) is 4.84. The van der Waals surface area contributed by atoms with Gasteiger partial charge in [-0.25, -0.2) is 10.8 Å². The molecule has 1 aliphatic carbocycles. The van der Waals surface area contributed by atoms with E-state index in [1.807, 2.05) is 0 Å². The Labute approximate surface area is 115 Å². The van der Waals surface area contributed by atoms with Crippen molar-refractivity contribution in [1.29, 1.82) is 0 Å². The predicted molar refractivity (Wildman–Crippen MR) is 72.9 cm³/mol. The average molecular weight is 282 g/mol. The summed E-state index contributed by atoms with van der Waals surface area (Å²) >= 11 is 0. The molecule has 0 saturated heterocycles. The molecule has 0 radical (unpaired) electrons. The SMILES string of the molecule is NNc1ncc([N+](=O)[O-])c(NCC2CCCC2CO)n1. The molecule has 9 heteroatoms. The van der Waals surface area contributed by atoms with Gasteiger partial charge in [0.15, 0.2) is 0 Å². The predicted octanol–water partition coefficient (Wildman–Crippen LogP) is 0.491. The normalized spacial score (nSPS) is 21.7. The number of nitrogens with two attached hydrogens (primary N) is 1. The first-order chi connectivity index (χ1) is 9.65. The molecule has 1 fully saturated rings. The van der Waals surface area contributed by atoms with Gasteiger partial charge in [0, 0.05) is 13.2 Å². The molecule has 2 atom stereocenters. The molecule has 0 spiro atoms. The van der Waals surface area contributed by atoms with Crippen LogP contribution in [0.15, 0.2) is 6.20 Å². The number of aliphatic hydroxyl groups excluding tert-OH is 1. The Morgan fingerprint density at radius 2 is 2.25 bits per heavy atom. The van der Waals surface area contributed by atoms with Crippen LogP contribution < -0.4 is 16.6 Å². The van der Waals surface area contributed by atoms with Gasteiger partial charge in [-0.05, 0) is 24.7 Å². The first-order valence-corrected chi connectivity index (χ1v) is 6.48. The van der Waals surface area contributed by atoms with Gasteiger partial charge >= 0.3 is 5.69 Å². The molecule has 2 rings (SSSR count). The first-order valence-electron chi connectivity index (χ1n) is 6.48. The van der Waals surface area contributed by atoms with Crippen LogP contribution in [0.2, 0.25) is 0 Å². The lowest BCUT2D eigenvalue weighted by Gasteiger charge is -2.18. The van der Waals surface area contributed by atoms with Crippen molar-refractivity contribution in [1.82, 2.24) is 9.97 Å². The minimum atomic E-state index is -0.541. The first kappa shape index (κ1) is 14.4. The van der Waals surface area contributed by atoms with E-state index in [1.54, 1.807) is 0 Å². The van der Waals surface area contributed by atoms with Crippen molar-refractivity contribution in [2.45, 2.75) is 19.3 Å². The highest BCUT2D eigenvalue weighted by Crippen LogP contribution is 2.32. The van der Waals surface area contributed by atoms with Crippen LogP contribution in [0, 0.1) is 22.0 Å². The molecule has 1 aromatic rings. The van der Waals surface area contributed by atoms with Crippen molar-refractivity contribution >= 4 is 17.5 Å². The Bertz CT molecular complexity index is 483. The molecule has 1 saturated carbocycles. The van der Waals surface area contributed by atoms with Gasteiger partial charge in [-0.1, -0.05) is 6.42 Å². The summed E-state index contributed by atoms with van der Waals surface area (Å²) < 4.78 is 0. The van der Waals surface area contributed by atoms with Crippen LogP contribution in [0.5, 0.6) is 0 Å². The highest BCUT2D eigenvalue weighted by atomic mass is 16.6. The van der Waals surface area contributed by atoms with Crippen LogP contribution in [0.25, 0.3) is 0 Å². The fourth-order valence-electron chi connectivity index (χ4n) is 2.56. The molecule has 110 valence electrons. The van der Waals surface area contributed by atoms with Crippen molar-refractivity contribution in [2.24, 2.45) is 17.7 Å². The average Bonchev–Trinajstić information content (AvgIpc) is 2.91. The maximum atomic E-state index is 10.9. The summed E-state index contributed by atoms with van der Waals surface area (Å²) in [6.07, 6.45) is 4.17. The zero-order valence-corrected chi connectivity index (χ0v) is 11.0. The fourth-order valence-corrected chi connectivity index (χ4v) is 2.56. The van der Waals surface area contributed by atoms with Crippen LogP contribution in [0.4, 0.5) is 17.5 Å². The summed E-state index contributed by atoms with van der Waals surface area (Å²) in [7, 11) is 0. The van der Waals surface area contributed by atoms with Gasteiger partial charge < -0.3 is 10.4 Å². The summed E-state index contributed by atoms with van der Waals surface area (Å²) in [6, 6.07) is 0. The van der Waals surface area contributed by atoms with Gasteiger partial charge in [-0.3, -0.25) is 15.5 Å². The zero-order valence-electron chi connectivity index (χ0n) is 11.0. The Hall–Kier alpha value is -2.00. The minimum Gasteiger partial charge on any atom is -0.396 e. The van der Waals surface area contributed by atoms with Crippen LogP contribution >= 0.6 is 0 Å². The van der Waals surface area contributed by atoms with Gasteiger partial charge in [0.1, 0.15) is 6.20 Å². The van der Waals surface area contributed by atoms with E-state index in [9.17, 15) is 15.2 Å². The highest BCUT2D eigenvalue weighted by molar-refractivity contribution is 5.56. The summed E-state index contributed by atoms with van der Waals surface area (Å²) in [6.45, 7) is 0.681. The van der Waals surface area contributed by atoms with Gasteiger partial charge in [-0.2, -0.15) is 4.98 Å². The lowest BCUT2D eigenvalue weighted by atomic mass is 9.97. The monoisotopic (exact) mass is 282 g/mol. The molecule has 1 aromatic heterocycles. The second-order valence-corrected chi connectivity index (χ2v) is 4.84. The topological polar surface area (TPSA) is 139 Å². The number of nitrogens with zero attached hydrogens (tertiary/aromatic N) is 3. The smallest absolute Gasteiger partial charge is 0.329 e. The van der Waals surface area contributed by atoms with Gasteiger partial charge in [0.2, 0.25) is 11.8 Å². The number of nitro groups is 1. The summed E-state index contributed by atoms with van der Waals surface area (Å²) in [4.78, 5) is 18.1. The standard InChI is InChI=1S/C11H18N6O3/c12-16-11-14-5-9(17(19)20)10(15-11)13-4-7-2-1-3-8(7)6-18/h5,7-8,18H,1-4,6,12H2,(H2,13,14,15,16). The second kappa shape index (κ2) is 6.44. The molecule has 0 bridgehead atoms. The molecule has 5 N–H and O–H groups in total. The van der Waals surface area contributed by atoms with E-state index in [4.69, 9.17) is 5.84 Å². The van der Waals surface area contributed by atoms with Crippen molar-refractivity contribution in [3.8, 4) is 0 Å². The van der Waals surface area contributed by atoms with Crippen LogP contribution in [0.3, 0.4) is 0 Å². The number of aromatic nitrogens is 2. The number of rotatable bonds is 6. The van der Waals surface area contributed by atoms with E-state index in [-0.39, 0.29) is 30.0 Å². The van der Waals surface area contributed by atoms with E-state index < -0.39 is 4.92 Å². The molecular formula is C11H18N6O3. The third-order valence-electron chi connectivity index (χ3n) is 3.68. The third-order valence-corrected chi connectivity index (χ3v) is 3.68. The van der Waals surface area contributed by atoms with E-state index in [1.165, 1.54) is 0 Å². The Kier molecular flexibility index (Phi) is 4.64. The number of hydrazine groups is 1. The van der Waals surface area contributed by atoms with Crippen LogP contribution in [-0.4, -0.2) is 33.1 Å². The minimum absolute atomic E-state index is 0.114. The maximum Gasteiger partial charge on any atom is 0.329 e. The molecule has 20 heavy (non-hydrogen) atoms. The van der Waals surface area contributed by atoms with Gasteiger partial charge in [0.25, 0.3) is 0 Å². The number of hydrogen-bond donors (Lipinski definition) is 4. The molecule has 1 heterocycles. The van der Waals surface area contributed by atoms with Gasteiger partial charge in [0.05, 0.1) is 4.92 Å². The van der Waals surface area contributed by atoms with Crippen molar-refractivity contribution < 1.29 is 10.0 Å². The third kappa shape index (κ3) is 3.11. The zero-order chi connectivity index (χ0) is 14.5. The number of aliphatic hydroxyl groups is 1. The number of nitrogens with one attached hydrogen (secondary N) is 2. The van der Waals surface area contributed by atoms with Crippen LogP contribution in [0.1, 0.15) is 19.3 Å². The van der Waals surface area contributed by atoms with Crippen molar-refractivity contribution in [3.05, 3.63) is 16.3 Å². The number of hydrogen-bond acceptors (Lipinski definition) is 8. The quantitative estimate of drug-likeness (QED) is 0.336. The summed E-state index contributed by atoms with van der Waals surface area (Å²) in [5, 5.41) is 23.2. The van der Waals surface area contributed by atoms with Gasteiger partial charge in [-0.15, -0.1) is 0 Å². The van der Waals surface area contributed by atoms with E-state index in [2.05, 4.69) is 20.7 Å².